The van der Waals surface area contributed by atoms with E-state index in [9.17, 15) is 0 Å². The zero-order chi connectivity index (χ0) is 17.2. The van der Waals surface area contributed by atoms with Crippen molar-refractivity contribution in [2.24, 2.45) is 0 Å². The predicted octanol–water partition coefficient (Wildman–Crippen LogP) is 4.71. The maximum atomic E-state index is 6.16. The van der Waals surface area contributed by atoms with Crippen molar-refractivity contribution in [1.29, 1.82) is 0 Å². The number of ether oxygens (including phenoxy) is 1. The molecule has 25 heavy (non-hydrogen) atoms. The molecule has 0 radical (unpaired) electrons. The molecule has 1 aliphatic carbocycles. The molecule has 2 nitrogen and oxygen atoms in total. The van der Waals surface area contributed by atoms with Crippen LogP contribution in [0.25, 0.3) is 11.3 Å². The maximum absolute atomic E-state index is 6.16. The highest BCUT2D eigenvalue weighted by molar-refractivity contribution is 6.04. The summed E-state index contributed by atoms with van der Waals surface area (Å²) in [6.45, 7) is 0. The first-order valence-electron chi connectivity index (χ1n) is 8.41. The molecule has 2 aromatic carbocycles. The van der Waals surface area contributed by atoms with Crippen LogP contribution in [0.3, 0.4) is 0 Å². The van der Waals surface area contributed by atoms with E-state index in [1.807, 2.05) is 30.3 Å². The minimum atomic E-state index is 0.881. The second kappa shape index (κ2) is 6.40. The summed E-state index contributed by atoms with van der Waals surface area (Å²) in [4.78, 5) is 0. The second-order valence-electron chi connectivity index (χ2n) is 6.33. The fourth-order valence-corrected chi connectivity index (χ4v) is 3.06. The van der Waals surface area contributed by atoms with Crippen LogP contribution in [0.1, 0.15) is 11.1 Å². The zero-order valence-corrected chi connectivity index (χ0v) is 14.4. The summed E-state index contributed by atoms with van der Waals surface area (Å²) < 4.78 is 8.27. The number of para-hydroxylation sites is 1. The summed E-state index contributed by atoms with van der Waals surface area (Å²) in [5, 5.41) is 0. The van der Waals surface area contributed by atoms with E-state index in [-0.39, 0.29) is 0 Å². The third kappa shape index (κ3) is 2.99. The minimum Gasteiger partial charge on any atom is -0.456 e. The van der Waals surface area contributed by atoms with Gasteiger partial charge in [-0.25, -0.2) is 4.58 Å². The average molecular weight is 326 g/mol. The molecule has 0 unspecified atom stereocenters. The van der Waals surface area contributed by atoms with E-state index < -0.39 is 0 Å². The van der Waals surface area contributed by atoms with Gasteiger partial charge >= 0.3 is 0 Å². The van der Waals surface area contributed by atoms with E-state index >= 15 is 0 Å². The van der Waals surface area contributed by atoms with E-state index in [1.54, 1.807) is 0 Å². The highest BCUT2D eigenvalue weighted by atomic mass is 16.5. The Morgan fingerprint density at radius 3 is 2.16 bits per heavy atom. The summed E-state index contributed by atoms with van der Waals surface area (Å²) in [6, 6.07) is 18.4. The Labute approximate surface area is 148 Å². The molecule has 0 saturated carbocycles. The third-order valence-corrected chi connectivity index (χ3v) is 4.43. The van der Waals surface area contributed by atoms with Crippen LogP contribution >= 0.6 is 0 Å². The summed E-state index contributed by atoms with van der Waals surface area (Å²) in [7, 11) is 4.11. The Hall–Kier alpha value is -3.13. The van der Waals surface area contributed by atoms with Crippen LogP contribution in [0.2, 0.25) is 0 Å². The van der Waals surface area contributed by atoms with Gasteiger partial charge in [-0.3, -0.25) is 0 Å². The number of nitrogens with zero attached hydrogens (tertiary/aromatic N) is 1. The molecule has 0 amide bonds. The first kappa shape index (κ1) is 15.4. The average Bonchev–Trinajstić information content (AvgIpc) is 2.68. The molecule has 1 aliphatic heterocycles. The van der Waals surface area contributed by atoms with E-state index in [2.05, 4.69) is 73.3 Å². The van der Waals surface area contributed by atoms with Gasteiger partial charge in [-0.1, -0.05) is 48.5 Å². The smallest absolute Gasteiger partial charge is 0.199 e. The van der Waals surface area contributed by atoms with Gasteiger partial charge in [-0.2, -0.15) is 0 Å². The molecule has 0 aromatic heterocycles. The summed E-state index contributed by atoms with van der Waals surface area (Å²) in [5.41, 5.74) is 5.77. The summed E-state index contributed by atoms with van der Waals surface area (Å²) >= 11 is 0. The van der Waals surface area contributed by atoms with E-state index in [1.165, 1.54) is 16.9 Å². The highest BCUT2D eigenvalue weighted by Gasteiger charge is 2.20. The lowest BCUT2D eigenvalue weighted by Gasteiger charge is -2.22. The lowest BCUT2D eigenvalue weighted by molar-refractivity contribution is -0.462. The highest BCUT2D eigenvalue weighted by Crippen LogP contribution is 2.39. The van der Waals surface area contributed by atoms with Crippen molar-refractivity contribution in [2.75, 3.05) is 14.1 Å². The van der Waals surface area contributed by atoms with Crippen LogP contribution in [-0.2, 0) is 0 Å². The SMILES string of the molecule is C[N+](C)=C1C=CC(=C2C=C(c3ccccc3)Oc3ccccc32)C=C1. The molecule has 0 atom stereocenters. The molecule has 2 aliphatic rings. The fraction of sp³-hybridized carbons (Fsp3) is 0.0870. The topological polar surface area (TPSA) is 12.2 Å². The molecule has 2 heteroatoms. The molecular weight excluding hydrogens is 306 g/mol. The maximum Gasteiger partial charge on any atom is 0.199 e. The standard InChI is InChI=1S/C23H20NO/c1-24(2)19-14-12-17(13-15-19)21-16-23(18-8-4-3-5-9-18)25-22-11-7-6-10-20(21)22/h3-16H,1-2H3/q+1. The van der Waals surface area contributed by atoms with Crippen LogP contribution in [0.4, 0.5) is 0 Å². The van der Waals surface area contributed by atoms with Crippen molar-refractivity contribution in [3.05, 3.63) is 102 Å². The van der Waals surface area contributed by atoms with Gasteiger partial charge in [0, 0.05) is 23.3 Å². The summed E-state index contributed by atoms with van der Waals surface area (Å²) in [6.07, 6.45) is 10.8. The van der Waals surface area contributed by atoms with E-state index in [0.717, 1.165) is 22.6 Å². The van der Waals surface area contributed by atoms with Crippen molar-refractivity contribution in [3.63, 3.8) is 0 Å². The minimum absolute atomic E-state index is 0.881. The molecule has 0 fully saturated rings. The summed E-state index contributed by atoms with van der Waals surface area (Å²) in [5.74, 6) is 1.78. The largest absolute Gasteiger partial charge is 0.456 e. The number of allylic oxidation sites excluding steroid dienone is 7. The Balaban J connectivity index is 1.87. The van der Waals surface area contributed by atoms with Crippen molar-refractivity contribution < 1.29 is 9.31 Å². The van der Waals surface area contributed by atoms with Gasteiger partial charge in [-0.05, 0) is 35.4 Å². The monoisotopic (exact) mass is 326 g/mol. The first-order chi connectivity index (χ1) is 12.2. The Morgan fingerprint density at radius 2 is 1.44 bits per heavy atom. The Bertz CT molecular complexity index is 950. The molecule has 122 valence electrons. The van der Waals surface area contributed by atoms with Gasteiger partial charge in [0.1, 0.15) is 25.6 Å². The molecule has 4 rings (SSSR count). The van der Waals surface area contributed by atoms with E-state index in [0.29, 0.717) is 0 Å². The normalized spacial score (nSPS) is 15.6. The van der Waals surface area contributed by atoms with Gasteiger partial charge in [0.15, 0.2) is 5.71 Å². The second-order valence-corrected chi connectivity index (χ2v) is 6.33. The van der Waals surface area contributed by atoms with Crippen LogP contribution in [0.15, 0.2) is 90.6 Å². The van der Waals surface area contributed by atoms with Crippen molar-refractivity contribution >= 4 is 17.0 Å². The van der Waals surface area contributed by atoms with Crippen molar-refractivity contribution in [2.45, 2.75) is 0 Å². The molecule has 2 aromatic rings. The lowest BCUT2D eigenvalue weighted by atomic mass is 9.93. The quantitative estimate of drug-likeness (QED) is 0.691. The number of hydrogen-bond acceptors (Lipinski definition) is 1. The molecule has 0 bridgehead atoms. The number of rotatable bonds is 1. The molecule has 0 N–H and O–H groups in total. The third-order valence-electron chi connectivity index (χ3n) is 4.43. The molecule has 0 saturated heterocycles. The van der Waals surface area contributed by atoms with Gasteiger partial charge < -0.3 is 4.74 Å². The zero-order valence-electron chi connectivity index (χ0n) is 14.4. The Morgan fingerprint density at radius 1 is 0.760 bits per heavy atom. The van der Waals surface area contributed by atoms with Gasteiger partial charge in [-0.15, -0.1) is 0 Å². The molecule has 1 heterocycles. The Kier molecular flexibility index (Phi) is 3.95. The number of fused-ring (bicyclic) bond motifs is 1. The van der Waals surface area contributed by atoms with Crippen molar-refractivity contribution in [1.82, 2.24) is 0 Å². The van der Waals surface area contributed by atoms with Gasteiger partial charge in [0.2, 0.25) is 0 Å². The number of benzene rings is 2. The van der Waals surface area contributed by atoms with Gasteiger partial charge in [0.25, 0.3) is 0 Å². The number of hydrogen-bond donors (Lipinski definition) is 0. The van der Waals surface area contributed by atoms with Crippen LogP contribution in [0, 0.1) is 0 Å². The van der Waals surface area contributed by atoms with Crippen LogP contribution in [0.5, 0.6) is 5.75 Å². The lowest BCUT2D eigenvalue weighted by Crippen LogP contribution is -2.10. The van der Waals surface area contributed by atoms with E-state index in [4.69, 9.17) is 4.74 Å². The van der Waals surface area contributed by atoms with Gasteiger partial charge in [0.05, 0.1) is 0 Å². The van der Waals surface area contributed by atoms with Crippen LogP contribution in [-0.4, -0.2) is 24.4 Å². The van der Waals surface area contributed by atoms with Crippen molar-refractivity contribution in [3.8, 4) is 5.75 Å². The fourth-order valence-electron chi connectivity index (χ4n) is 3.06. The molecule has 0 spiro atoms. The molecular formula is C23H20NO+. The first-order valence-corrected chi connectivity index (χ1v) is 8.41. The predicted molar refractivity (Wildman–Crippen MR) is 104 cm³/mol. The van der Waals surface area contributed by atoms with Crippen LogP contribution < -0.4 is 4.74 Å².